The predicted octanol–water partition coefficient (Wildman–Crippen LogP) is 6.59. The smallest absolute Gasteiger partial charge is 0.250 e. The zero-order chi connectivity index (χ0) is 63.8. The standard InChI is InChI=1S/C71H80N8O11/c1-68-32-12-34-70(3,66(88)78-67(89)71(4)35-13-33-69(2)54-38-52(80)27-23-48(54)25-29-58(69)71)57(68)28-24-47-22-26-51(37-53(47)68)76-63(85)43-90-44-75-61(83)40-74-65(87)55(36-45-14-6-5-7-15-45)77-62(84)41-73-60(82)39-72-59(81)30-31-64(86)79-42-50-18-9-8-16-46(50)20-21-49-17-10-11-19-56(49)79/h5-11,14-19,22-23,26-27,37-38,55,57-58,80H,12-13,24-25,28-36,39-44H2,1-4H3,(H,72,81)(H,73,82)(H,74,87)(H,75,83)(H,76,85)(H,77,84)(H,78,88,89)/t55-,57+,58+,68+,69+,70-,71-/m0/s1. The lowest BCUT2D eigenvalue weighted by atomic mass is 9.49. The first-order chi connectivity index (χ1) is 43.2. The van der Waals surface area contributed by atoms with Crippen molar-refractivity contribution in [3.63, 3.8) is 0 Å². The summed E-state index contributed by atoms with van der Waals surface area (Å²) in [4.78, 5) is 123. The second-order valence-corrected chi connectivity index (χ2v) is 25.7. The monoisotopic (exact) mass is 1220 g/mol. The van der Waals surface area contributed by atoms with Crippen LogP contribution in [0.2, 0.25) is 0 Å². The number of aromatic hydroxyl groups is 1. The molecule has 8 N–H and O–H groups in total. The van der Waals surface area contributed by atoms with Crippen LogP contribution in [-0.2, 0) is 84.5 Å². The highest BCUT2D eigenvalue weighted by Gasteiger charge is 2.58. The number of carbonyl (C=O) groups excluding carboxylic acids is 9. The van der Waals surface area contributed by atoms with Crippen LogP contribution in [0.1, 0.15) is 136 Å². The maximum absolute atomic E-state index is 14.7. The summed E-state index contributed by atoms with van der Waals surface area (Å²) >= 11 is 0. The van der Waals surface area contributed by atoms with Crippen molar-refractivity contribution in [2.75, 3.05) is 43.2 Å². The highest BCUT2D eigenvalue weighted by atomic mass is 16.5. The number of nitrogens with one attached hydrogen (secondary N) is 7. The fourth-order valence-corrected chi connectivity index (χ4v) is 15.1. The highest BCUT2D eigenvalue weighted by molar-refractivity contribution is 6.01. The molecule has 2 fully saturated rings. The largest absolute Gasteiger partial charge is 0.508 e. The van der Waals surface area contributed by atoms with E-state index in [0.29, 0.717) is 35.3 Å². The Balaban J connectivity index is 0.653. The van der Waals surface area contributed by atoms with E-state index in [1.54, 1.807) is 41.3 Å². The number of ether oxygens (including phenoxy) is 1. The maximum Gasteiger partial charge on any atom is 0.250 e. The number of fused-ring (bicyclic) bond motifs is 8. The molecule has 0 aromatic heterocycles. The van der Waals surface area contributed by atoms with Crippen LogP contribution in [0.3, 0.4) is 0 Å². The van der Waals surface area contributed by atoms with Gasteiger partial charge in [-0.1, -0.05) is 125 Å². The first-order valence-electron chi connectivity index (χ1n) is 31.3. The lowest BCUT2D eigenvalue weighted by Gasteiger charge is -2.56. The Kier molecular flexibility index (Phi) is 19.4. The molecule has 470 valence electrons. The fraction of sp³-hybridized carbons (Fsp3) is 0.423. The molecular weight excluding hydrogens is 1140 g/mol. The van der Waals surface area contributed by atoms with Gasteiger partial charge in [0.15, 0.2) is 0 Å². The molecule has 19 heteroatoms. The van der Waals surface area contributed by atoms with Gasteiger partial charge in [-0.3, -0.25) is 48.5 Å². The molecule has 90 heavy (non-hydrogen) atoms. The Morgan fingerprint density at radius 2 is 1.17 bits per heavy atom. The minimum atomic E-state index is -1.15. The number of para-hydroxylation sites is 1. The molecule has 0 spiro atoms. The number of aryl methyl sites for hydroxylation is 2. The van der Waals surface area contributed by atoms with Gasteiger partial charge in [-0.15, -0.1) is 0 Å². The van der Waals surface area contributed by atoms with Gasteiger partial charge >= 0.3 is 0 Å². The van der Waals surface area contributed by atoms with E-state index in [1.807, 2.05) is 92.7 Å². The van der Waals surface area contributed by atoms with Gasteiger partial charge in [0.05, 0.1) is 42.7 Å². The van der Waals surface area contributed by atoms with E-state index in [1.165, 1.54) is 5.56 Å². The van der Waals surface area contributed by atoms with Crippen LogP contribution in [0.4, 0.5) is 11.4 Å². The van der Waals surface area contributed by atoms with Crippen molar-refractivity contribution in [1.82, 2.24) is 31.9 Å². The number of anilines is 2. The molecule has 10 rings (SSSR count). The number of hydrogen-bond donors (Lipinski definition) is 8. The fourth-order valence-electron chi connectivity index (χ4n) is 15.1. The summed E-state index contributed by atoms with van der Waals surface area (Å²) in [6, 6.07) is 34.0. The van der Waals surface area contributed by atoms with Crippen molar-refractivity contribution in [2.45, 2.75) is 135 Å². The number of amides is 9. The summed E-state index contributed by atoms with van der Waals surface area (Å²) in [6.07, 6.45) is 7.54. The zero-order valence-corrected chi connectivity index (χ0v) is 51.6. The number of benzene rings is 5. The quantitative estimate of drug-likeness (QED) is 0.0178. The summed E-state index contributed by atoms with van der Waals surface area (Å²) in [5.41, 5.74) is 6.45. The van der Waals surface area contributed by atoms with Crippen molar-refractivity contribution in [3.8, 4) is 17.6 Å². The Hall–Kier alpha value is -9.15. The molecule has 5 aliphatic rings. The maximum atomic E-state index is 14.7. The van der Waals surface area contributed by atoms with Gasteiger partial charge in [0.25, 0.3) is 0 Å². The molecule has 5 aromatic rings. The predicted molar refractivity (Wildman–Crippen MR) is 338 cm³/mol. The van der Waals surface area contributed by atoms with Crippen LogP contribution in [0.25, 0.3) is 0 Å². The van der Waals surface area contributed by atoms with Gasteiger partial charge in [-0.05, 0) is 150 Å². The van der Waals surface area contributed by atoms with E-state index in [0.717, 1.165) is 79.2 Å². The molecule has 0 radical (unpaired) electrons. The molecule has 9 amide bonds. The number of imide groups is 1. The van der Waals surface area contributed by atoms with E-state index in [-0.39, 0.29) is 73.3 Å². The van der Waals surface area contributed by atoms with Crippen LogP contribution in [0.15, 0.2) is 115 Å². The third kappa shape index (κ3) is 14.0. The Bertz CT molecular complexity index is 3690. The lowest BCUT2D eigenvalue weighted by Crippen LogP contribution is -2.60. The topological polar surface area (TPSA) is 271 Å². The molecule has 1 heterocycles. The summed E-state index contributed by atoms with van der Waals surface area (Å²) in [7, 11) is 0. The first-order valence-corrected chi connectivity index (χ1v) is 31.3. The molecule has 19 nitrogen and oxygen atoms in total. The normalized spacial score (nSPS) is 22.9. The van der Waals surface area contributed by atoms with E-state index in [4.69, 9.17) is 4.74 Å². The van der Waals surface area contributed by atoms with Crippen molar-refractivity contribution >= 4 is 64.5 Å². The number of carbonyl (C=O) groups is 9. The molecule has 0 bridgehead atoms. The molecule has 0 saturated heterocycles. The molecule has 0 unspecified atom stereocenters. The second kappa shape index (κ2) is 27.3. The number of phenols is 1. The summed E-state index contributed by atoms with van der Waals surface area (Å²) in [6.45, 7) is 6.47. The lowest BCUT2D eigenvalue weighted by molar-refractivity contribution is -0.150. The molecule has 2 saturated carbocycles. The molecule has 1 aliphatic heterocycles. The summed E-state index contributed by atoms with van der Waals surface area (Å²) in [5.74, 6) is 2.01. The van der Waals surface area contributed by atoms with Crippen LogP contribution < -0.4 is 42.1 Å². The first kappa shape index (κ1) is 63.9. The summed E-state index contributed by atoms with van der Waals surface area (Å²) < 4.78 is 5.51. The zero-order valence-electron chi connectivity index (χ0n) is 51.6. The second-order valence-electron chi connectivity index (χ2n) is 25.7. The number of phenolic OH excluding ortho intramolecular Hbond substituents is 1. The number of nitrogens with zero attached hydrogens (tertiary/aromatic N) is 1. The van der Waals surface area contributed by atoms with Gasteiger partial charge in [0.2, 0.25) is 53.2 Å². The van der Waals surface area contributed by atoms with Gasteiger partial charge in [0, 0.05) is 36.1 Å². The third-order valence-corrected chi connectivity index (χ3v) is 19.8. The van der Waals surface area contributed by atoms with Gasteiger partial charge in [-0.25, -0.2) is 0 Å². The molecular formula is C71H80N8O11. The van der Waals surface area contributed by atoms with Gasteiger partial charge in [0.1, 0.15) is 25.1 Å². The van der Waals surface area contributed by atoms with E-state index in [9.17, 15) is 48.3 Å². The number of hydrogen-bond acceptors (Lipinski definition) is 11. The van der Waals surface area contributed by atoms with Crippen LogP contribution in [-0.4, -0.2) is 97.3 Å². The SMILES string of the molecule is C[C@]1(C(=O)NC(=O)[C@@]2(C)CCC[C@]3(C)c4cc(NC(=O)COCNC(=O)CNC(=O)[C@H](Cc5ccccc5)NC(=O)CNC(=O)CNC(=O)CCC(=O)N5Cc6ccccc6C#Cc6ccccc65)ccc4CC[C@@H]23)CCC[C@]2(C)c3cc(O)ccc3CC[C@@H]12. The average Bonchev–Trinajstić information content (AvgIpc) is 0.734. The average molecular weight is 1220 g/mol. The Labute approximate surface area is 525 Å². The minimum absolute atomic E-state index is 0.00394. The van der Waals surface area contributed by atoms with Gasteiger partial charge < -0.3 is 46.6 Å². The third-order valence-electron chi connectivity index (χ3n) is 19.8. The summed E-state index contributed by atoms with van der Waals surface area (Å²) in [5, 5.41) is 29.0. The van der Waals surface area contributed by atoms with E-state index in [2.05, 4.69) is 62.9 Å². The Morgan fingerprint density at radius 1 is 0.589 bits per heavy atom. The van der Waals surface area contributed by atoms with Crippen molar-refractivity contribution in [1.29, 1.82) is 0 Å². The van der Waals surface area contributed by atoms with Crippen molar-refractivity contribution < 1.29 is 53.0 Å². The van der Waals surface area contributed by atoms with Crippen LogP contribution in [0, 0.1) is 34.5 Å². The minimum Gasteiger partial charge on any atom is -0.508 e. The van der Waals surface area contributed by atoms with Crippen molar-refractivity contribution in [3.05, 3.63) is 160 Å². The van der Waals surface area contributed by atoms with Crippen molar-refractivity contribution in [2.24, 2.45) is 22.7 Å². The Morgan fingerprint density at radius 3 is 1.87 bits per heavy atom. The van der Waals surface area contributed by atoms with Gasteiger partial charge in [-0.2, -0.15) is 0 Å². The van der Waals surface area contributed by atoms with Crippen LogP contribution >= 0.6 is 0 Å². The van der Waals surface area contributed by atoms with E-state index < -0.39 is 84.0 Å². The van der Waals surface area contributed by atoms with E-state index >= 15 is 0 Å². The molecule has 4 aliphatic carbocycles. The van der Waals surface area contributed by atoms with Crippen LogP contribution in [0.5, 0.6) is 5.75 Å². The molecule has 7 atom stereocenters. The number of rotatable bonds is 20. The highest BCUT2D eigenvalue weighted by Crippen LogP contribution is 2.60. The molecule has 5 aromatic carbocycles.